The summed E-state index contributed by atoms with van der Waals surface area (Å²) in [5, 5.41) is 3.50. The standard InChI is InChI=1S/C25H40N6O.HI/c1-3-26-25(27-19-22-11-14-31(20-22)23-9-5-4-6-10-23)30-17-15-28(16-18-30)21(2)24(32)29-12-7-8-13-29;/h4-6,9-10,21-22H,3,7-8,11-20H2,1-2H3,(H,26,27);1H. The fourth-order valence-corrected chi connectivity index (χ4v) is 5.18. The number of likely N-dealkylation sites (tertiary alicyclic amines) is 1. The summed E-state index contributed by atoms with van der Waals surface area (Å²) >= 11 is 0. The number of carbonyl (C=O) groups is 1. The summed E-state index contributed by atoms with van der Waals surface area (Å²) in [6.07, 6.45) is 3.50. The van der Waals surface area contributed by atoms with Gasteiger partial charge in [0.1, 0.15) is 0 Å². The van der Waals surface area contributed by atoms with Crippen molar-refractivity contribution in [3.8, 4) is 0 Å². The molecule has 3 aliphatic heterocycles. The van der Waals surface area contributed by atoms with Gasteiger partial charge in [0, 0.05) is 71.1 Å². The molecular formula is C25H41IN6O. The third-order valence-corrected chi connectivity index (χ3v) is 7.18. The first-order chi connectivity index (χ1) is 15.7. The summed E-state index contributed by atoms with van der Waals surface area (Å²) in [5.41, 5.74) is 1.32. The molecule has 0 saturated carbocycles. The van der Waals surface area contributed by atoms with Gasteiger partial charge < -0.3 is 20.0 Å². The Labute approximate surface area is 216 Å². The monoisotopic (exact) mass is 568 g/mol. The molecule has 184 valence electrons. The molecule has 8 heteroatoms. The highest BCUT2D eigenvalue weighted by atomic mass is 127. The van der Waals surface area contributed by atoms with Gasteiger partial charge in [0.25, 0.3) is 0 Å². The second kappa shape index (κ2) is 12.8. The van der Waals surface area contributed by atoms with Crippen LogP contribution in [-0.2, 0) is 4.79 Å². The normalized spacial score (nSPS) is 22.9. The Bertz CT molecular complexity index is 761. The molecule has 0 spiro atoms. The number of carbonyl (C=O) groups excluding carboxylic acids is 1. The summed E-state index contributed by atoms with van der Waals surface area (Å²) in [6.45, 7) is 13.7. The number of benzene rings is 1. The van der Waals surface area contributed by atoms with Gasteiger partial charge in [-0.25, -0.2) is 0 Å². The number of anilines is 1. The lowest BCUT2D eigenvalue weighted by Crippen LogP contribution is -2.57. The zero-order valence-electron chi connectivity index (χ0n) is 20.3. The highest BCUT2D eigenvalue weighted by Crippen LogP contribution is 2.23. The van der Waals surface area contributed by atoms with Gasteiger partial charge in [-0.1, -0.05) is 18.2 Å². The molecule has 3 aliphatic rings. The molecule has 3 heterocycles. The lowest BCUT2D eigenvalue weighted by Gasteiger charge is -2.39. The van der Waals surface area contributed by atoms with Crippen molar-refractivity contribution in [2.45, 2.75) is 39.2 Å². The van der Waals surface area contributed by atoms with Crippen molar-refractivity contribution in [1.82, 2.24) is 20.0 Å². The van der Waals surface area contributed by atoms with E-state index in [1.807, 2.05) is 4.90 Å². The third kappa shape index (κ3) is 6.74. The highest BCUT2D eigenvalue weighted by Gasteiger charge is 2.30. The molecule has 1 aromatic rings. The van der Waals surface area contributed by atoms with E-state index in [-0.39, 0.29) is 30.0 Å². The van der Waals surface area contributed by atoms with Gasteiger partial charge in [-0.3, -0.25) is 14.7 Å². The Balaban J connectivity index is 0.00000306. The first-order valence-corrected chi connectivity index (χ1v) is 12.5. The van der Waals surface area contributed by atoms with Crippen molar-refractivity contribution in [2.24, 2.45) is 10.9 Å². The van der Waals surface area contributed by atoms with E-state index in [1.54, 1.807) is 0 Å². The number of piperazine rings is 1. The lowest BCUT2D eigenvalue weighted by molar-refractivity contribution is -0.135. The smallest absolute Gasteiger partial charge is 0.239 e. The van der Waals surface area contributed by atoms with Crippen LogP contribution in [0.15, 0.2) is 35.3 Å². The topological polar surface area (TPSA) is 54.4 Å². The van der Waals surface area contributed by atoms with E-state index < -0.39 is 0 Å². The molecule has 0 aromatic heterocycles. The van der Waals surface area contributed by atoms with E-state index >= 15 is 0 Å². The van der Waals surface area contributed by atoms with Gasteiger partial charge in [-0.15, -0.1) is 24.0 Å². The molecule has 0 radical (unpaired) electrons. The molecule has 1 N–H and O–H groups in total. The maximum absolute atomic E-state index is 12.8. The molecule has 3 saturated heterocycles. The van der Waals surface area contributed by atoms with Crippen LogP contribution in [0.2, 0.25) is 0 Å². The van der Waals surface area contributed by atoms with Crippen LogP contribution in [0.4, 0.5) is 5.69 Å². The van der Waals surface area contributed by atoms with Gasteiger partial charge in [-0.05, 0) is 51.2 Å². The fraction of sp³-hybridized carbons (Fsp3) is 0.680. The Morgan fingerprint density at radius 2 is 1.73 bits per heavy atom. The average Bonchev–Trinajstić information content (AvgIpc) is 3.54. The number of rotatable bonds is 6. The third-order valence-electron chi connectivity index (χ3n) is 7.18. The van der Waals surface area contributed by atoms with Crippen LogP contribution in [0.25, 0.3) is 0 Å². The lowest BCUT2D eigenvalue weighted by atomic mass is 10.1. The zero-order chi connectivity index (χ0) is 22.3. The number of guanidine groups is 1. The van der Waals surface area contributed by atoms with Crippen LogP contribution in [0.1, 0.15) is 33.1 Å². The molecule has 3 fully saturated rings. The minimum atomic E-state index is -0.0165. The van der Waals surface area contributed by atoms with E-state index in [0.29, 0.717) is 11.8 Å². The van der Waals surface area contributed by atoms with Gasteiger partial charge in [0.15, 0.2) is 5.96 Å². The van der Waals surface area contributed by atoms with E-state index in [4.69, 9.17) is 4.99 Å². The molecule has 2 unspecified atom stereocenters. The van der Waals surface area contributed by atoms with Crippen molar-refractivity contribution in [3.63, 3.8) is 0 Å². The largest absolute Gasteiger partial charge is 0.371 e. The van der Waals surface area contributed by atoms with Crippen molar-refractivity contribution in [2.75, 3.05) is 70.3 Å². The van der Waals surface area contributed by atoms with Crippen molar-refractivity contribution < 1.29 is 4.79 Å². The van der Waals surface area contributed by atoms with E-state index in [1.165, 1.54) is 12.1 Å². The number of aliphatic imine (C=N–C) groups is 1. The number of nitrogens with zero attached hydrogens (tertiary/aromatic N) is 5. The van der Waals surface area contributed by atoms with Crippen molar-refractivity contribution >= 4 is 41.5 Å². The Kier molecular flexibility index (Phi) is 10.1. The maximum Gasteiger partial charge on any atom is 0.239 e. The SMILES string of the molecule is CCNC(=NCC1CCN(c2ccccc2)C1)N1CCN(C(C)C(=O)N2CCCC2)CC1.I. The second-order valence-corrected chi connectivity index (χ2v) is 9.36. The number of hydrogen-bond donors (Lipinski definition) is 1. The molecule has 33 heavy (non-hydrogen) atoms. The second-order valence-electron chi connectivity index (χ2n) is 9.36. The average molecular weight is 569 g/mol. The van der Waals surface area contributed by atoms with Crippen LogP contribution >= 0.6 is 24.0 Å². The molecule has 0 bridgehead atoms. The summed E-state index contributed by atoms with van der Waals surface area (Å²) < 4.78 is 0. The van der Waals surface area contributed by atoms with Gasteiger partial charge >= 0.3 is 0 Å². The first-order valence-electron chi connectivity index (χ1n) is 12.5. The summed E-state index contributed by atoms with van der Waals surface area (Å²) in [5.74, 6) is 1.94. The molecule has 7 nitrogen and oxygen atoms in total. The predicted octanol–water partition coefficient (Wildman–Crippen LogP) is 2.72. The van der Waals surface area contributed by atoms with Gasteiger partial charge in [0.2, 0.25) is 5.91 Å². The van der Waals surface area contributed by atoms with E-state index in [0.717, 1.165) is 84.2 Å². The molecular weight excluding hydrogens is 527 g/mol. The first kappa shape index (κ1) is 26.1. The van der Waals surface area contributed by atoms with Gasteiger partial charge in [0.05, 0.1) is 6.04 Å². The van der Waals surface area contributed by atoms with Crippen LogP contribution in [-0.4, -0.2) is 98.1 Å². The summed E-state index contributed by atoms with van der Waals surface area (Å²) in [7, 11) is 0. The van der Waals surface area contributed by atoms with Crippen LogP contribution in [0.5, 0.6) is 0 Å². The minimum absolute atomic E-state index is 0. The van der Waals surface area contributed by atoms with Crippen LogP contribution in [0.3, 0.4) is 0 Å². The maximum atomic E-state index is 12.8. The summed E-state index contributed by atoms with van der Waals surface area (Å²) in [6, 6.07) is 10.7. The van der Waals surface area contributed by atoms with Crippen LogP contribution in [0, 0.1) is 5.92 Å². The highest BCUT2D eigenvalue weighted by molar-refractivity contribution is 14.0. The zero-order valence-corrected chi connectivity index (χ0v) is 22.6. The fourth-order valence-electron chi connectivity index (χ4n) is 5.18. The number of amides is 1. The number of nitrogens with one attached hydrogen (secondary N) is 1. The number of halogens is 1. The number of para-hydroxylation sites is 1. The molecule has 0 aliphatic carbocycles. The van der Waals surface area contributed by atoms with E-state index in [9.17, 15) is 4.79 Å². The Hall–Kier alpha value is -1.55. The molecule has 2 atom stereocenters. The molecule has 1 aromatic carbocycles. The Morgan fingerprint density at radius 3 is 2.39 bits per heavy atom. The van der Waals surface area contributed by atoms with Crippen molar-refractivity contribution in [3.05, 3.63) is 30.3 Å². The van der Waals surface area contributed by atoms with Gasteiger partial charge in [-0.2, -0.15) is 0 Å². The van der Waals surface area contributed by atoms with Crippen LogP contribution < -0.4 is 10.2 Å². The quantitative estimate of drug-likeness (QED) is 0.325. The van der Waals surface area contributed by atoms with Crippen molar-refractivity contribution in [1.29, 1.82) is 0 Å². The summed E-state index contributed by atoms with van der Waals surface area (Å²) in [4.78, 5) is 27.0. The minimum Gasteiger partial charge on any atom is -0.371 e. The van der Waals surface area contributed by atoms with E-state index in [2.05, 4.69) is 64.2 Å². The molecule has 4 rings (SSSR count). The molecule has 1 amide bonds. The predicted molar refractivity (Wildman–Crippen MR) is 147 cm³/mol. The Morgan fingerprint density at radius 1 is 1.03 bits per heavy atom. The number of hydrogen-bond acceptors (Lipinski definition) is 4.